The standard InChI is InChI=1S/C16H19N3O2/c1-20-14-5-3-2-4-12(14)15-17-16(21-18-15)13-10-19-8-6-11(13)7-9-19/h2-5,11,13H,6-10H2,1H3. The Kier molecular flexibility index (Phi) is 3.15. The first-order valence-electron chi connectivity index (χ1n) is 7.54. The minimum Gasteiger partial charge on any atom is -0.496 e. The van der Waals surface area contributed by atoms with E-state index < -0.39 is 0 Å². The van der Waals surface area contributed by atoms with E-state index >= 15 is 0 Å². The van der Waals surface area contributed by atoms with E-state index in [1.165, 1.54) is 25.9 Å². The lowest BCUT2D eigenvalue weighted by atomic mass is 9.79. The summed E-state index contributed by atoms with van der Waals surface area (Å²) in [4.78, 5) is 7.14. The van der Waals surface area contributed by atoms with Crippen LogP contribution in [0.15, 0.2) is 28.8 Å². The Balaban J connectivity index is 1.64. The van der Waals surface area contributed by atoms with Gasteiger partial charge in [-0.2, -0.15) is 4.98 Å². The number of hydrogen-bond donors (Lipinski definition) is 0. The summed E-state index contributed by atoms with van der Waals surface area (Å²) in [5.74, 6) is 3.27. The highest BCUT2D eigenvalue weighted by Gasteiger charge is 2.38. The summed E-state index contributed by atoms with van der Waals surface area (Å²) in [6.07, 6.45) is 2.49. The third-order valence-electron chi connectivity index (χ3n) is 4.76. The van der Waals surface area contributed by atoms with E-state index in [9.17, 15) is 0 Å². The first kappa shape index (κ1) is 12.8. The molecular formula is C16H19N3O2. The predicted octanol–water partition coefficient (Wildman–Crippen LogP) is 2.55. The third kappa shape index (κ3) is 2.21. The fourth-order valence-electron chi connectivity index (χ4n) is 3.57. The fourth-order valence-corrected chi connectivity index (χ4v) is 3.57. The van der Waals surface area contributed by atoms with Gasteiger partial charge in [0.1, 0.15) is 5.75 Å². The molecule has 0 spiro atoms. The molecule has 21 heavy (non-hydrogen) atoms. The Morgan fingerprint density at radius 2 is 2.05 bits per heavy atom. The summed E-state index contributed by atoms with van der Waals surface area (Å²) >= 11 is 0. The van der Waals surface area contributed by atoms with E-state index in [1.54, 1.807) is 7.11 Å². The van der Waals surface area contributed by atoms with E-state index in [0.717, 1.165) is 23.7 Å². The van der Waals surface area contributed by atoms with E-state index in [2.05, 4.69) is 15.0 Å². The second-order valence-corrected chi connectivity index (χ2v) is 5.90. The molecule has 1 aromatic heterocycles. The monoisotopic (exact) mass is 285 g/mol. The zero-order chi connectivity index (χ0) is 14.2. The molecule has 110 valence electrons. The van der Waals surface area contributed by atoms with Crippen molar-refractivity contribution in [2.75, 3.05) is 26.7 Å². The van der Waals surface area contributed by atoms with Crippen molar-refractivity contribution in [2.24, 2.45) is 5.92 Å². The van der Waals surface area contributed by atoms with Crippen molar-refractivity contribution in [3.8, 4) is 17.1 Å². The Hall–Kier alpha value is -1.88. The van der Waals surface area contributed by atoms with E-state index in [0.29, 0.717) is 17.7 Å². The van der Waals surface area contributed by atoms with Crippen LogP contribution in [-0.2, 0) is 0 Å². The number of ether oxygens (including phenoxy) is 1. The Morgan fingerprint density at radius 3 is 2.76 bits per heavy atom. The van der Waals surface area contributed by atoms with Crippen LogP contribution < -0.4 is 4.74 Å². The summed E-state index contributed by atoms with van der Waals surface area (Å²) in [6, 6.07) is 7.78. The molecule has 0 amide bonds. The highest BCUT2D eigenvalue weighted by atomic mass is 16.5. The predicted molar refractivity (Wildman–Crippen MR) is 78.2 cm³/mol. The molecule has 1 aromatic carbocycles. The zero-order valence-corrected chi connectivity index (χ0v) is 12.2. The average Bonchev–Trinajstić information content (AvgIpc) is 3.05. The van der Waals surface area contributed by atoms with Crippen LogP contribution in [-0.4, -0.2) is 41.8 Å². The molecule has 2 aromatic rings. The van der Waals surface area contributed by atoms with Crippen molar-refractivity contribution in [3.05, 3.63) is 30.2 Å². The molecule has 5 heteroatoms. The lowest BCUT2D eigenvalue weighted by molar-refractivity contribution is 0.0727. The molecule has 5 nitrogen and oxygen atoms in total. The quantitative estimate of drug-likeness (QED) is 0.867. The fraction of sp³-hybridized carbons (Fsp3) is 0.500. The van der Waals surface area contributed by atoms with Crippen LogP contribution in [0.4, 0.5) is 0 Å². The van der Waals surface area contributed by atoms with Crippen LogP contribution in [0.5, 0.6) is 5.75 Å². The van der Waals surface area contributed by atoms with Gasteiger partial charge in [-0.15, -0.1) is 0 Å². The van der Waals surface area contributed by atoms with Crippen molar-refractivity contribution >= 4 is 0 Å². The Morgan fingerprint density at radius 1 is 1.24 bits per heavy atom. The first-order valence-corrected chi connectivity index (χ1v) is 7.54. The minimum absolute atomic E-state index is 0.392. The highest BCUT2D eigenvalue weighted by Crippen LogP contribution is 2.39. The van der Waals surface area contributed by atoms with Gasteiger partial charge in [-0.25, -0.2) is 0 Å². The maximum atomic E-state index is 5.57. The molecule has 4 heterocycles. The van der Waals surface area contributed by atoms with E-state index in [-0.39, 0.29) is 0 Å². The lowest BCUT2D eigenvalue weighted by Crippen LogP contribution is -2.46. The molecule has 5 rings (SSSR count). The number of piperidine rings is 3. The van der Waals surface area contributed by atoms with Gasteiger partial charge in [0, 0.05) is 6.54 Å². The largest absolute Gasteiger partial charge is 0.496 e. The number of para-hydroxylation sites is 1. The topological polar surface area (TPSA) is 51.4 Å². The van der Waals surface area contributed by atoms with Gasteiger partial charge >= 0.3 is 0 Å². The van der Waals surface area contributed by atoms with Crippen LogP contribution in [0.1, 0.15) is 24.7 Å². The molecule has 1 atom stereocenters. The Bertz CT molecular complexity index is 632. The van der Waals surface area contributed by atoms with Gasteiger partial charge in [-0.3, -0.25) is 0 Å². The van der Waals surface area contributed by atoms with Crippen LogP contribution in [0, 0.1) is 5.92 Å². The van der Waals surface area contributed by atoms with Crippen molar-refractivity contribution < 1.29 is 9.26 Å². The number of benzene rings is 1. The molecule has 2 bridgehead atoms. The normalized spacial score (nSPS) is 27.8. The van der Waals surface area contributed by atoms with E-state index in [4.69, 9.17) is 9.26 Å². The molecule has 3 fully saturated rings. The summed E-state index contributed by atoms with van der Waals surface area (Å²) in [5.41, 5.74) is 0.885. The van der Waals surface area contributed by atoms with Crippen molar-refractivity contribution in [2.45, 2.75) is 18.8 Å². The smallest absolute Gasteiger partial charge is 0.231 e. The Labute approximate surface area is 123 Å². The molecule has 0 aliphatic carbocycles. The second-order valence-electron chi connectivity index (χ2n) is 5.90. The van der Waals surface area contributed by atoms with Gasteiger partial charge in [0.2, 0.25) is 11.7 Å². The summed E-state index contributed by atoms with van der Waals surface area (Å²) in [6.45, 7) is 3.49. The summed E-state index contributed by atoms with van der Waals surface area (Å²) in [7, 11) is 1.66. The lowest BCUT2D eigenvalue weighted by Gasteiger charge is -2.43. The minimum atomic E-state index is 0.392. The number of fused-ring (bicyclic) bond motifs is 3. The molecule has 3 aliphatic rings. The second kappa shape index (κ2) is 5.15. The van der Waals surface area contributed by atoms with Crippen molar-refractivity contribution in [1.82, 2.24) is 15.0 Å². The molecule has 0 saturated carbocycles. The van der Waals surface area contributed by atoms with Crippen molar-refractivity contribution in [1.29, 1.82) is 0 Å². The van der Waals surface area contributed by atoms with Crippen LogP contribution in [0.3, 0.4) is 0 Å². The SMILES string of the molecule is COc1ccccc1-c1noc(C2CN3CCC2CC3)n1. The number of nitrogens with zero attached hydrogens (tertiary/aromatic N) is 3. The maximum absolute atomic E-state index is 5.57. The van der Waals surface area contributed by atoms with Gasteiger partial charge in [-0.05, 0) is 44.0 Å². The molecule has 0 radical (unpaired) electrons. The molecule has 3 saturated heterocycles. The van der Waals surface area contributed by atoms with Gasteiger partial charge < -0.3 is 14.2 Å². The zero-order valence-electron chi connectivity index (χ0n) is 12.2. The van der Waals surface area contributed by atoms with Gasteiger partial charge in [0.15, 0.2) is 0 Å². The molecule has 1 unspecified atom stereocenters. The van der Waals surface area contributed by atoms with Crippen LogP contribution in [0.2, 0.25) is 0 Å². The van der Waals surface area contributed by atoms with E-state index in [1.807, 2.05) is 24.3 Å². The number of methoxy groups -OCH3 is 1. The first-order chi connectivity index (χ1) is 10.3. The van der Waals surface area contributed by atoms with Crippen LogP contribution in [0.25, 0.3) is 11.4 Å². The maximum Gasteiger partial charge on any atom is 0.231 e. The van der Waals surface area contributed by atoms with Gasteiger partial charge in [0.05, 0.1) is 18.6 Å². The van der Waals surface area contributed by atoms with Gasteiger partial charge in [0.25, 0.3) is 0 Å². The number of rotatable bonds is 3. The third-order valence-corrected chi connectivity index (χ3v) is 4.76. The molecule has 0 N–H and O–H groups in total. The molecular weight excluding hydrogens is 266 g/mol. The summed E-state index contributed by atoms with van der Waals surface area (Å²) < 4.78 is 10.9. The number of aromatic nitrogens is 2. The van der Waals surface area contributed by atoms with Crippen LogP contribution >= 0.6 is 0 Å². The highest BCUT2D eigenvalue weighted by molar-refractivity contribution is 5.63. The summed E-state index contributed by atoms with van der Waals surface area (Å²) in [5, 5.41) is 4.17. The average molecular weight is 285 g/mol. The molecule has 3 aliphatic heterocycles. The van der Waals surface area contributed by atoms with Crippen molar-refractivity contribution in [3.63, 3.8) is 0 Å². The van der Waals surface area contributed by atoms with Gasteiger partial charge in [-0.1, -0.05) is 17.3 Å². The number of hydrogen-bond acceptors (Lipinski definition) is 5.